The van der Waals surface area contributed by atoms with E-state index in [0.717, 1.165) is 6.42 Å². The Morgan fingerprint density at radius 1 is 1.00 bits per heavy atom. The van der Waals surface area contributed by atoms with E-state index in [2.05, 4.69) is 4.74 Å². The summed E-state index contributed by atoms with van der Waals surface area (Å²) >= 11 is 0. The monoisotopic (exact) mass is 248 g/mol. The van der Waals surface area contributed by atoms with Gasteiger partial charge in [0, 0.05) is 5.56 Å². The van der Waals surface area contributed by atoms with E-state index in [9.17, 15) is 17.6 Å². The van der Waals surface area contributed by atoms with Crippen molar-refractivity contribution < 1.29 is 22.3 Å². The van der Waals surface area contributed by atoms with Crippen LogP contribution >= 0.6 is 0 Å². The van der Waals surface area contributed by atoms with E-state index in [4.69, 9.17) is 0 Å². The van der Waals surface area contributed by atoms with E-state index in [0.29, 0.717) is 12.8 Å². The molecule has 0 atom stereocenters. The van der Waals surface area contributed by atoms with Crippen LogP contribution < -0.4 is 4.74 Å². The molecule has 5 heteroatoms. The molecular weight excluding hydrogens is 236 g/mol. The Morgan fingerprint density at radius 2 is 1.53 bits per heavy atom. The van der Waals surface area contributed by atoms with Gasteiger partial charge in [-0.15, -0.1) is 0 Å². The lowest BCUT2D eigenvalue weighted by atomic mass is 9.79. The van der Waals surface area contributed by atoms with Gasteiger partial charge in [0.25, 0.3) is 0 Å². The molecule has 0 aromatic heterocycles. The van der Waals surface area contributed by atoms with E-state index >= 15 is 0 Å². The summed E-state index contributed by atoms with van der Waals surface area (Å²) < 4.78 is 58.9. The molecule has 17 heavy (non-hydrogen) atoms. The lowest BCUT2D eigenvalue weighted by Crippen LogP contribution is -2.16. The van der Waals surface area contributed by atoms with Gasteiger partial charge < -0.3 is 4.74 Å². The SMILES string of the molecule is CCOc1c(F)c(F)c(C2CCC2)c(F)c1F. The second kappa shape index (κ2) is 4.55. The fourth-order valence-corrected chi connectivity index (χ4v) is 1.95. The van der Waals surface area contributed by atoms with Crippen LogP contribution in [0.25, 0.3) is 0 Å². The van der Waals surface area contributed by atoms with Crippen molar-refractivity contribution in [1.82, 2.24) is 0 Å². The van der Waals surface area contributed by atoms with Gasteiger partial charge in [-0.05, 0) is 25.7 Å². The Balaban J connectivity index is 2.55. The number of hydrogen-bond donors (Lipinski definition) is 0. The largest absolute Gasteiger partial charge is 0.488 e. The van der Waals surface area contributed by atoms with Crippen LogP contribution in [0.3, 0.4) is 0 Å². The minimum absolute atomic E-state index is 0.0600. The number of halogens is 4. The first-order valence-corrected chi connectivity index (χ1v) is 5.56. The fraction of sp³-hybridized carbons (Fsp3) is 0.500. The summed E-state index contributed by atoms with van der Waals surface area (Å²) in [4.78, 5) is 0. The van der Waals surface area contributed by atoms with Crippen molar-refractivity contribution in [3.8, 4) is 5.75 Å². The van der Waals surface area contributed by atoms with Crippen LogP contribution in [0, 0.1) is 23.3 Å². The molecule has 94 valence electrons. The Kier molecular flexibility index (Phi) is 3.26. The molecular formula is C12H12F4O. The van der Waals surface area contributed by atoms with E-state index in [1.54, 1.807) is 0 Å². The molecule has 1 aromatic rings. The molecule has 1 aliphatic rings. The Hall–Kier alpha value is -1.26. The first kappa shape index (κ1) is 12.2. The molecule has 1 aliphatic carbocycles. The predicted octanol–water partition coefficient (Wildman–Crippen LogP) is 3.91. The smallest absolute Gasteiger partial charge is 0.204 e. The Labute approximate surface area is 96.4 Å². The number of ether oxygens (including phenoxy) is 1. The van der Waals surface area contributed by atoms with Crippen molar-refractivity contribution in [3.05, 3.63) is 28.8 Å². The van der Waals surface area contributed by atoms with Gasteiger partial charge in [0.1, 0.15) is 0 Å². The van der Waals surface area contributed by atoms with Crippen LogP contribution in [-0.4, -0.2) is 6.61 Å². The molecule has 0 N–H and O–H groups in total. The van der Waals surface area contributed by atoms with Gasteiger partial charge in [0.2, 0.25) is 11.6 Å². The third-order valence-electron chi connectivity index (χ3n) is 3.06. The Bertz CT molecular complexity index is 412. The molecule has 1 saturated carbocycles. The van der Waals surface area contributed by atoms with Crippen molar-refractivity contribution >= 4 is 0 Å². The molecule has 0 radical (unpaired) electrons. The van der Waals surface area contributed by atoms with E-state index in [1.165, 1.54) is 6.92 Å². The lowest BCUT2D eigenvalue weighted by Gasteiger charge is -2.27. The van der Waals surface area contributed by atoms with E-state index < -0.39 is 40.5 Å². The lowest BCUT2D eigenvalue weighted by molar-refractivity contribution is 0.278. The second-order valence-electron chi connectivity index (χ2n) is 4.06. The highest BCUT2D eigenvalue weighted by atomic mass is 19.2. The summed E-state index contributed by atoms with van der Waals surface area (Å²) in [5.41, 5.74) is -0.477. The molecule has 1 nitrogen and oxygen atoms in total. The van der Waals surface area contributed by atoms with Gasteiger partial charge in [0.05, 0.1) is 6.61 Å². The van der Waals surface area contributed by atoms with Gasteiger partial charge in [-0.25, -0.2) is 8.78 Å². The van der Waals surface area contributed by atoms with Gasteiger partial charge >= 0.3 is 0 Å². The quantitative estimate of drug-likeness (QED) is 0.582. The maximum absolute atomic E-state index is 13.6. The predicted molar refractivity (Wildman–Crippen MR) is 54.0 cm³/mol. The van der Waals surface area contributed by atoms with Crippen molar-refractivity contribution in [2.75, 3.05) is 6.61 Å². The van der Waals surface area contributed by atoms with Crippen LogP contribution in [0.2, 0.25) is 0 Å². The fourth-order valence-electron chi connectivity index (χ4n) is 1.95. The number of benzene rings is 1. The average Bonchev–Trinajstić information content (AvgIpc) is 2.25. The van der Waals surface area contributed by atoms with Gasteiger partial charge in [-0.2, -0.15) is 8.78 Å². The summed E-state index contributed by atoms with van der Waals surface area (Å²) in [5.74, 6) is -6.91. The average molecular weight is 248 g/mol. The van der Waals surface area contributed by atoms with E-state index in [1.807, 2.05) is 0 Å². The van der Waals surface area contributed by atoms with Gasteiger partial charge in [-0.3, -0.25) is 0 Å². The maximum Gasteiger partial charge on any atom is 0.204 e. The molecule has 0 unspecified atom stereocenters. The first-order chi connectivity index (χ1) is 8.07. The number of hydrogen-bond acceptors (Lipinski definition) is 1. The summed E-state index contributed by atoms with van der Waals surface area (Å²) in [6.07, 6.45) is 1.93. The molecule has 0 bridgehead atoms. The second-order valence-corrected chi connectivity index (χ2v) is 4.06. The van der Waals surface area contributed by atoms with E-state index in [-0.39, 0.29) is 6.61 Å². The highest BCUT2D eigenvalue weighted by Gasteiger charge is 2.33. The summed E-state index contributed by atoms with van der Waals surface area (Å²) in [6, 6.07) is 0. The molecule has 1 aromatic carbocycles. The zero-order valence-electron chi connectivity index (χ0n) is 9.33. The standard InChI is InChI=1S/C12H12F4O/c1-2-17-12-10(15)8(13)7(6-4-3-5-6)9(14)11(12)16/h6H,2-5H2,1H3. The highest BCUT2D eigenvalue weighted by molar-refractivity contribution is 5.37. The van der Waals surface area contributed by atoms with Gasteiger partial charge in [-0.1, -0.05) is 6.42 Å². The summed E-state index contributed by atoms with van der Waals surface area (Å²) in [7, 11) is 0. The van der Waals surface area contributed by atoms with Crippen molar-refractivity contribution in [3.63, 3.8) is 0 Å². The summed E-state index contributed by atoms with van der Waals surface area (Å²) in [5, 5.41) is 0. The molecule has 0 heterocycles. The topological polar surface area (TPSA) is 9.23 Å². The van der Waals surface area contributed by atoms with Crippen LogP contribution in [0.15, 0.2) is 0 Å². The first-order valence-electron chi connectivity index (χ1n) is 5.56. The third-order valence-corrected chi connectivity index (χ3v) is 3.06. The van der Waals surface area contributed by atoms with Crippen LogP contribution in [-0.2, 0) is 0 Å². The molecule has 0 aliphatic heterocycles. The molecule has 2 rings (SSSR count). The van der Waals surface area contributed by atoms with Crippen LogP contribution in [0.4, 0.5) is 17.6 Å². The summed E-state index contributed by atoms with van der Waals surface area (Å²) in [6.45, 7) is 1.42. The highest BCUT2D eigenvalue weighted by Crippen LogP contribution is 2.42. The van der Waals surface area contributed by atoms with Crippen LogP contribution in [0.5, 0.6) is 5.75 Å². The van der Waals surface area contributed by atoms with Gasteiger partial charge in [0.15, 0.2) is 17.4 Å². The van der Waals surface area contributed by atoms with Crippen molar-refractivity contribution in [2.45, 2.75) is 32.1 Å². The van der Waals surface area contributed by atoms with Crippen molar-refractivity contribution in [2.24, 2.45) is 0 Å². The zero-order chi connectivity index (χ0) is 12.6. The van der Waals surface area contributed by atoms with Crippen molar-refractivity contribution in [1.29, 1.82) is 0 Å². The zero-order valence-corrected chi connectivity index (χ0v) is 9.33. The minimum atomic E-state index is -1.44. The Morgan fingerprint density at radius 3 is 1.88 bits per heavy atom. The minimum Gasteiger partial charge on any atom is -0.488 e. The molecule has 0 saturated heterocycles. The van der Waals surface area contributed by atoms with Crippen LogP contribution in [0.1, 0.15) is 37.7 Å². The maximum atomic E-state index is 13.6. The molecule has 0 spiro atoms. The third kappa shape index (κ3) is 1.87. The molecule has 1 fully saturated rings. The molecule has 0 amide bonds. The number of rotatable bonds is 3. The normalized spacial score (nSPS) is 15.8.